The molecule has 15 heteroatoms. The number of benzene rings is 2. The van der Waals surface area contributed by atoms with Crippen LogP contribution in [-0.2, 0) is 6.18 Å². The van der Waals surface area contributed by atoms with E-state index >= 15 is 4.39 Å². The van der Waals surface area contributed by atoms with E-state index in [9.17, 15) is 27.2 Å². The summed E-state index contributed by atoms with van der Waals surface area (Å²) in [5, 5.41) is 12.1. The van der Waals surface area contributed by atoms with Gasteiger partial charge in [-0.2, -0.15) is 28.4 Å². The summed E-state index contributed by atoms with van der Waals surface area (Å²) < 4.78 is 97.4. The Labute approximate surface area is 264 Å². The van der Waals surface area contributed by atoms with Gasteiger partial charge in [0.1, 0.15) is 34.7 Å². The third-order valence-corrected chi connectivity index (χ3v) is 9.77. The number of nitrogens with zero attached hydrogens (tertiary/aromatic N) is 4. The number of alkyl halides is 4. The van der Waals surface area contributed by atoms with Crippen LogP contribution in [0, 0.1) is 23.0 Å². The lowest BCUT2D eigenvalue weighted by Crippen LogP contribution is -2.31. The second kappa shape index (κ2) is 12.4. The molecule has 0 bridgehead atoms. The van der Waals surface area contributed by atoms with E-state index in [-0.39, 0.29) is 49.5 Å². The molecular formula is C31H30F6N6O2S. The first kappa shape index (κ1) is 32.1. The number of nitrogens with one attached hydrogen (secondary N) is 1. The zero-order chi connectivity index (χ0) is 32.9. The average molecular weight is 665 g/mol. The van der Waals surface area contributed by atoms with Gasteiger partial charge in [0, 0.05) is 29.6 Å². The number of rotatable bonds is 4. The van der Waals surface area contributed by atoms with Crippen LogP contribution in [0.3, 0.4) is 0 Å². The number of hydrogen-bond donors (Lipinski definition) is 2. The highest BCUT2D eigenvalue weighted by molar-refractivity contribution is 7.23. The van der Waals surface area contributed by atoms with E-state index in [2.05, 4.69) is 20.2 Å². The minimum atomic E-state index is -5.04. The van der Waals surface area contributed by atoms with E-state index in [0.717, 1.165) is 25.1 Å². The van der Waals surface area contributed by atoms with Gasteiger partial charge in [-0.3, -0.25) is 4.90 Å². The molecule has 2 aromatic heterocycles. The van der Waals surface area contributed by atoms with Crippen molar-refractivity contribution in [2.75, 3.05) is 32.5 Å². The molecule has 4 atom stereocenters. The number of halogens is 6. The fourth-order valence-electron chi connectivity index (χ4n) is 6.52. The predicted molar refractivity (Wildman–Crippen MR) is 162 cm³/mol. The maximum absolute atomic E-state index is 16.2. The third kappa shape index (κ3) is 5.78. The van der Waals surface area contributed by atoms with E-state index in [1.54, 1.807) is 6.07 Å². The molecule has 8 nitrogen and oxygen atoms in total. The minimum Gasteiger partial charge on any atom is -0.472 e. The summed E-state index contributed by atoms with van der Waals surface area (Å²) in [4.78, 5) is 10.3. The summed E-state index contributed by atoms with van der Waals surface area (Å²) in [6.45, 7) is 4.33. The molecule has 2 aromatic carbocycles. The number of methoxy groups -OCH3 is 1. The maximum atomic E-state index is 16.2. The summed E-state index contributed by atoms with van der Waals surface area (Å²) >= 11 is 0.693. The van der Waals surface area contributed by atoms with Crippen LogP contribution in [0.5, 0.6) is 11.9 Å². The van der Waals surface area contributed by atoms with Crippen molar-refractivity contribution in [3.05, 3.63) is 41.0 Å². The highest BCUT2D eigenvalue weighted by atomic mass is 32.1. The van der Waals surface area contributed by atoms with Gasteiger partial charge in [0.15, 0.2) is 5.82 Å². The number of nitrogens with two attached hydrogens (primary N) is 1. The number of nitrogen functional groups attached to an aromatic ring is 1. The van der Waals surface area contributed by atoms with Crippen LogP contribution < -0.4 is 20.5 Å². The highest BCUT2D eigenvalue weighted by Gasteiger charge is 2.39. The summed E-state index contributed by atoms with van der Waals surface area (Å²) in [6.07, 6.45) is -2.10. The number of anilines is 1. The Balaban J connectivity index is 0.000000352. The molecule has 3 N–H and O–H groups in total. The molecule has 5 heterocycles. The van der Waals surface area contributed by atoms with Gasteiger partial charge in [0.05, 0.1) is 28.3 Å². The van der Waals surface area contributed by atoms with Crippen molar-refractivity contribution in [3.8, 4) is 29.1 Å². The number of hydrogen-bond acceptors (Lipinski definition) is 9. The standard InChI is InChI=1S/C24H18F5N5O2S.C7H12FN/c1-9-15(5-6-32-9)36-22-11-7-13(24(27,28)29)17(18(26)19(11)33-23(34-22)35-2)10-3-4-14(25)20-16(10)12(8-30)21(31)37-20;8-6-4-7-2-1-3-9(7)5-6/h3-4,7,9,15,32H,5-6,31H2,1-2H3;6-7H,1-5H2. The number of nitriles is 1. The summed E-state index contributed by atoms with van der Waals surface area (Å²) in [5.41, 5.74) is 2.50. The SMILES string of the molecule is COc1nc(OC2CCNC2C)c2cc(C(F)(F)F)c(-c3ccc(F)c4sc(N)c(C#N)c34)c(F)c2n1.FC1CC2CCCN2C1. The second-order valence-electron chi connectivity index (χ2n) is 11.6. The lowest BCUT2D eigenvalue weighted by atomic mass is 9.92. The van der Waals surface area contributed by atoms with E-state index in [4.69, 9.17) is 15.2 Å². The van der Waals surface area contributed by atoms with E-state index in [0.29, 0.717) is 43.0 Å². The number of fused-ring (bicyclic) bond motifs is 3. The third-order valence-electron chi connectivity index (χ3n) is 8.74. The van der Waals surface area contributed by atoms with Crippen LogP contribution in [0.2, 0.25) is 0 Å². The first-order valence-corrected chi connectivity index (χ1v) is 15.6. The summed E-state index contributed by atoms with van der Waals surface area (Å²) in [6, 6.07) is 4.56. The monoisotopic (exact) mass is 664 g/mol. The van der Waals surface area contributed by atoms with Gasteiger partial charge in [0.25, 0.3) is 0 Å². The lowest BCUT2D eigenvalue weighted by molar-refractivity contribution is -0.137. The molecule has 0 saturated carbocycles. The molecule has 0 aliphatic carbocycles. The van der Waals surface area contributed by atoms with Gasteiger partial charge in [0.2, 0.25) is 5.88 Å². The Morgan fingerprint density at radius 1 is 1.20 bits per heavy atom. The van der Waals surface area contributed by atoms with Crippen molar-refractivity contribution in [2.45, 2.75) is 63.1 Å². The number of thiophene rings is 1. The summed E-state index contributed by atoms with van der Waals surface area (Å²) in [7, 11) is 1.23. The molecule has 3 saturated heterocycles. The van der Waals surface area contributed by atoms with Crippen LogP contribution in [-0.4, -0.2) is 66.0 Å². The molecular weight excluding hydrogens is 634 g/mol. The van der Waals surface area contributed by atoms with Crippen molar-refractivity contribution >= 4 is 37.3 Å². The Bertz CT molecular complexity index is 1830. The zero-order valence-corrected chi connectivity index (χ0v) is 25.7. The van der Waals surface area contributed by atoms with E-state index in [1.165, 1.54) is 20.0 Å². The van der Waals surface area contributed by atoms with E-state index in [1.807, 2.05) is 6.92 Å². The highest BCUT2D eigenvalue weighted by Crippen LogP contribution is 2.48. The van der Waals surface area contributed by atoms with Crippen LogP contribution in [0.1, 0.15) is 43.7 Å². The Hall–Kier alpha value is -3.87. The van der Waals surface area contributed by atoms with Gasteiger partial charge >= 0.3 is 12.2 Å². The zero-order valence-electron chi connectivity index (χ0n) is 24.8. The maximum Gasteiger partial charge on any atom is 0.417 e. The first-order valence-electron chi connectivity index (χ1n) is 14.8. The van der Waals surface area contributed by atoms with Crippen molar-refractivity contribution in [1.29, 1.82) is 5.26 Å². The number of ether oxygens (including phenoxy) is 2. The molecule has 0 spiro atoms. The van der Waals surface area contributed by atoms with Gasteiger partial charge in [-0.1, -0.05) is 6.07 Å². The van der Waals surface area contributed by atoms with Crippen molar-refractivity contribution in [1.82, 2.24) is 20.2 Å². The Morgan fingerprint density at radius 2 is 1.98 bits per heavy atom. The van der Waals surface area contributed by atoms with E-state index < -0.39 is 46.7 Å². The summed E-state index contributed by atoms with van der Waals surface area (Å²) in [5.74, 6) is -2.42. The molecule has 244 valence electrons. The normalized spacial score (nSPS) is 22.9. The van der Waals surface area contributed by atoms with Crippen molar-refractivity contribution in [2.24, 2.45) is 0 Å². The molecule has 7 rings (SSSR count). The molecule has 4 unspecified atom stereocenters. The van der Waals surface area contributed by atoms with Crippen LogP contribution in [0.4, 0.5) is 31.3 Å². The minimum absolute atomic E-state index is 0.0995. The molecule has 3 fully saturated rings. The van der Waals surface area contributed by atoms with Crippen LogP contribution in [0.25, 0.3) is 32.1 Å². The van der Waals surface area contributed by atoms with Crippen molar-refractivity contribution in [3.63, 3.8) is 0 Å². The molecule has 3 aliphatic heterocycles. The fourth-order valence-corrected chi connectivity index (χ4v) is 7.47. The molecule has 4 aromatic rings. The van der Waals surface area contributed by atoms with Gasteiger partial charge in [-0.05, 0) is 63.4 Å². The quantitative estimate of drug-likeness (QED) is 0.235. The van der Waals surface area contributed by atoms with Crippen molar-refractivity contribution < 1.29 is 35.8 Å². The first-order chi connectivity index (χ1) is 21.9. The topological polar surface area (TPSA) is 109 Å². The molecule has 0 radical (unpaired) electrons. The molecule has 46 heavy (non-hydrogen) atoms. The molecule has 0 amide bonds. The van der Waals surface area contributed by atoms with Crippen LogP contribution in [0.15, 0.2) is 18.2 Å². The predicted octanol–water partition coefficient (Wildman–Crippen LogP) is 6.59. The fraction of sp³-hybridized carbons (Fsp3) is 0.452. The van der Waals surface area contributed by atoms with Crippen LogP contribution >= 0.6 is 11.3 Å². The second-order valence-corrected chi connectivity index (χ2v) is 12.6. The van der Waals surface area contributed by atoms with Gasteiger partial charge in [-0.25, -0.2) is 13.2 Å². The largest absolute Gasteiger partial charge is 0.472 e. The van der Waals surface area contributed by atoms with Gasteiger partial charge < -0.3 is 20.5 Å². The molecule has 3 aliphatic rings. The average Bonchev–Trinajstić information content (AvgIpc) is 3.78. The Kier molecular flexibility index (Phi) is 8.64. The smallest absolute Gasteiger partial charge is 0.417 e. The Morgan fingerprint density at radius 3 is 2.63 bits per heavy atom. The lowest BCUT2D eigenvalue weighted by Gasteiger charge is -2.21. The van der Waals surface area contributed by atoms with Gasteiger partial charge in [-0.15, -0.1) is 11.3 Å². The number of aromatic nitrogens is 2.